The standard InChI is InChI=1S/C49H33NS/c1-4-14-36(15-5-1)49(37-16-6-2-7-17-37)45-22-12-10-20-41(45)42-30-29-40(33-46(42)49)50(38-18-8-3-9-19-38)39-27-24-34(25-28-39)35-26-31-48-44(32-35)43-21-11-13-23-47(43)51-48/h1-33H/i3D,8D,9D,18D,19D,24D,25D,27D,28D. The number of rotatable bonds is 6. The van der Waals surface area contributed by atoms with Crippen molar-refractivity contribution in [1.82, 2.24) is 0 Å². The van der Waals surface area contributed by atoms with Crippen molar-refractivity contribution in [2.45, 2.75) is 5.41 Å². The molecule has 0 unspecified atom stereocenters. The Balaban J connectivity index is 1.27. The summed E-state index contributed by atoms with van der Waals surface area (Å²) in [5, 5.41) is 1.97. The smallest absolute Gasteiger partial charge is 0.0714 e. The summed E-state index contributed by atoms with van der Waals surface area (Å²) in [5.74, 6) is 0. The average molecular weight is 677 g/mol. The molecule has 10 rings (SSSR count). The van der Waals surface area contributed by atoms with E-state index in [0.29, 0.717) is 11.3 Å². The van der Waals surface area contributed by atoms with Crippen LogP contribution in [0.2, 0.25) is 0 Å². The molecule has 0 fully saturated rings. The number of nitrogens with zero attached hydrogens (tertiary/aromatic N) is 1. The number of hydrogen-bond donors (Lipinski definition) is 0. The van der Waals surface area contributed by atoms with E-state index in [9.17, 15) is 8.22 Å². The highest BCUT2D eigenvalue weighted by atomic mass is 32.1. The van der Waals surface area contributed by atoms with Crippen LogP contribution in [0, 0.1) is 0 Å². The van der Waals surface area contributed by atoms with Crippen molar-refractivity contribution in [2.24, 2.45) is 0 Å². The lowest BCUT2D eigenvalue weighted by atomic mass is 9.67. The van der Waals surface area contributed by atoms with E-state index in [1.807, 2.05) is 97.1 Å². The van der Waals surface area contributed by atoms with Crippen LogP contribution >= 0.6 is 11.3 Å². The fraction of sp³-hybridized carbons (Fsp3) is 0.0204. The summed E-state index contributed by atoms with van der Waals surface area (Å²) in [6.07, 6.45) is 0. The van der Waals surface area contributed by atoms with E-state index >= 15 is 0 Å². The van der Waals surface area contributed by atoms with Gasteiger partial charge in [-0.25, -0.2) is 0 Å². The van der Waals surface area contributed by atoms with Gasteiger partial charge in [0.15, 0.2) is 0 Å². The maximum atomic E-state index is 9.63. The summed E-state index contributed by atoms with van der Waals surface area (Å²) in [5.41, 5.74) is 5.30. The number of benzene rings is 8. The van der Waals surface area contributed by atoms with Crippen molar-refractivity contribution in [3.8, 4) is 22.3 Å². The van der Waals surface area contributed by atoms with E-state index in [1.165, 1.54) is 4.90 Å². The summed E-state index contributed by atoms with van der Waals surface area (Å²) in [6, 6.07) is 43.3. The van der Waals surface area contributed by atoms with Gasteiger partial charge in [-0.2, -0.15) is 0 Å². The van der Waals surface area contributed by atoms with Gasteiger partial charge < -0.3 is 4.90 Å². The molecule has 8 aromatic carbocycles. The van der Waals surface area contributed by atoms with Crippen LogP contribution in [0.3, 0.4) is 0 Å². The monoisotopic (exact) mass is 676 g/mol. The van der Waals surface area contributed by atoms with Gasteiger partial charge in [0, 0.05) is 37.2 Å². The zero-order chi connectivity index (χ0) is 41.6. The second-order valence-corrected chi connectivity index (χ2v) is 13.7. The second kappa shape index (κ2) is 12.0. The molecule has 240 valence electrons. The highest BCUT2D eigenvalue weighted by Gasteiger charge is 2.46. The quantitative estimate of drug-likeness (QED) is 0.169. The average Bonchev–Trinajstić information content (AvgIpc) is 3.80. The fourth-order valence-corrected chi connectivity index (χ4v) is 8.83. The van der Waals surface area contributed by atoms with Crippen LogP contribution in [0.4, 0.5) is 17.1 Å². The van der Waals surface area contributed by atoms with Crippen molar-refractivity contribution in [2.75, 3.05) is 4.90 Å². The summed E-state index contributed by atoms with van der Waals surface area (Å²) in [4.78, 5) is 1.32. The van der Waals surface area contributed by atoms with Gasteiger partial charge in [-0.3, -0.25) is 0 Å². The van der Waals surface area contributed by atoms with Gasteiger partial charge in [0.1, 0.15) is 0 Å². The Morgan fingerprint density at radius 1 is 0.431 bits per heavy atom. The molecule has 1 nitrogen and oxygen atoms in total. The van der Waals surface area contributed by atoms with E-state index in [2.05, 4.69) is 36.4 Å². The zero-order valence-corrected chi connectivity index (χ0v) is 28.0. The molecule has 0 radical (unpaired) electrons. The Morgan fingerprint density at radius 3 is 1.82 bits per heavy atom. The Kier molecular flexibility index (Phi) is 5.12. The lowest BCUT2D eigenvalue weighted by molar-refractivity contribution is 0.768. The maximum absolute atomic E-state index is 9.63. The summed E-state index contributed by atoms with van der Waals surface area (Å²) in [7, 11) is 0. The number of hydrogen-bond acceptors (Lipinski definition) is 2. The summed E-state index contributed by atoms with van der Waals surface area (Å²) in [6.45, 7) is 0. The largest absolute Gasteiger partial charge is 0.310 e. The van der Waals surface area contributed by atoms with Crippen LogP contribution in [0.5, 0.6) is 0 Å². The third-order valence-corrected chi connectivity index (χ3v) is 11.1. The van der Waals surface area contributed by atoms with Crippen LogP contribution in [0.1, 0.15) is 34.6 Å². The molecule has 0 spiro atoms. The fourth-order valence-electron chi connectivity index (χ4n) is 7.74. The molecule has 0 saturated carbocycles. The lowest BCUT2D eigenvalue weighted by Crippen LogP contribution is -2.28. The molecular weight excluding hydrogens is 635 g/mol. The molecule has 9 aromatic rings. The third kappa shape index (κ3) is 4.68. The van der Waals surface area contributed by atoms with Gasteiger partial charge in [0.05, 0.1) is 17.8 Å². The highest BCUT2D eigenvalue weighted by Crippen LogP contribution is 2.57. The van der Waals surface area contributed by atoms with Crippen LogP contribution in [0.25, 0.3) is 42.4 Å². The van der Waals surface area contributed by atoms with E-state index in [1.54, 1.807) is 23.5 Å². The molecular formula is C49H33NS. The Hall–Kier alpha value is -6.22. The van der Waals surface area contributed by atoms with Gasteiger partial charge in [-0.1, -0.05) is 145 Å². The van der Waals surface area contributed by atoms with E-state index in [-0.39, 0.29) is 29.0 Å². The molecule has 2 heteroatoms. The Bertz CT molecular complexity index is 3120. The second-order valence-electron chi connectivity index (χ2n) is 12.6. The van der Waals surface area contributed by atoms with Crippen LogP contribution in [-0.4, -0.2) is 0 Å². The first-order valence-electron chi connectivity index (χ1n) is 21.3. The molecule has 0 saturated heterocycles. The van der Waals surface area contributed by atoms with Gasteiger partial charge in [-0.05, 0) is 99.0 Å². The minimum Gasteiger partial charge on any atom is -0.310 e. The third-order valence-electron chi connectivity index (χ3n) is 9.91. The van der Waals surface area contributed by atoms with Crippen LogP contribution in [0.15, 0.2) is 200 Å². The molecule has 0 amide bonds. The number of thiophene rings is 1. The maximum Gasteiger partial charge on any atom is 0.0714 e. The topological polar surface area (TPSA) is 3.24 Å². The van der Waals surface area contributed by atoms with E-state index < -0.39 is 47.7 Å². The van der Waals surface area contributed by atoms with Gasteiger partial charge in [0.2, 0.25) is 0 Å². The number of anilines is 3. The van der Waals surface area contributed by atoms with Crippen LogP contribution < -0.4 is 4.90 Å². The van der Waals surface area contributed by atoms with Crippen LogP contribution in [-0.2, 0) is 5.41 Å². The summed E-state index contributed by atoms with van der Waals surface area (Å²) >= 11 is 1.63. The van der Waals surface area contributed by atoms with E-state index in [4.69, 9.17) is 4.11 Å². The molecule has 0 N–H and O–H groups in total. The predicted octanol–water partition coefficient (Wildman–Crippen LogP) is 13.6. The first kappa shape index (κ1) is 21.8. The molecule has 1 aliphatic carbocycles. The normalized spacial score (nSPS) is 15.3. The minimum absolute atomic E-state index is 0.100. The van der Waals surface area contributed by atoms with E-state index in [0.717, 1.165) is 53.6 Å². The lowest BCUT2D eigenvalue weighted by Gasteiger charge is -2.35. The highest BCUT2D eigenvalue weighted by molar-refractivity contribution is 7.25. The first-order chi connectivity index (χ1) is 29.0. The SMILES string of the molecule is [2H]c1c([2H])c([2H])c(N(c2ccc3c(c2)C(c2ccccc2)(c2ccccc2)c2ccccc2-3)c2c([2H])c([2H])c(-c3ccc4sc5ccccc5c4c3)c([2H])c2[2H])c([2H])c1[2H]. The molecule has 0 aliphatic heterocycles. The first-order valence-corrected chi connectivity index (χ1v) is 17.6. The Labute approximate surface area is 315 Å². The van der Waals surface area contributed by atoms with Gasteiger partial charge >= 0.3 is 0 Å². The molecule has 1 aliphatic rings. The molecule has 0 bridgehead atoms. The Morgan fingerprint density at radius 2 is 1.06 bits per heavy atom. The molecule has 1 aromatic heterocycles. The molecule has 1 heterocycles. The number of fused-ring (bicyclic) bond motifs is 6. The number of para-hydroxylation sites is 1. The zero-order valence-electron chi connectivity index (χ0n) is 36.2. The molecule has 0 atom stereocenters. The van der Waals surface area contributed by atoms with Gasteiger partial charge in [0.25, 0.3) is 0 Å². The van der Waals surface area contributed by atoms with Crippen molar-refractivity contribution in [1.29, 1.82) is 0 Å². The van der Waals surface area contributed by atoms with Crippen molar-refractivity contribution < 1.29 is 12.3 Å². The summed E-state index contributed by atoms with van der Waals surface area (Å²) < 4.78 is 84.5. The predicted molar refractivity (Wildman–Crippen MR) is 217 cm³/mol. The molecule has 51 heavy (non-hydrogen) atoms. The minimum atomic E-state index is -0.862. The van der Waals surface area contributed by atoms with Crippen molar-refractivity contribution in [3.63, 3.8) is 0 Å². The van der Waals surface area contributed by atoms with Crippen molar-refractivity contribution >= 4 is 48.6 Å². The van der Waals surface area contributed by atoms with Gasteiger partial charge in [-0.15, -0.1) is 11.3 Å². The van der Waals surface area contributed by atoms with Crippen molar-refractivity contribution in [3.05, 3.63) is 222 Å².